The van der Waals surface area contributed by atoms with Crippen LogP contribution in [0, 0.1) is 0 Å². The normalized spacial score (nSPS) is 11.9. The topological polar surface area (TPSA) is 118 Å². The van der Waals surface area contributed by atoms with E-state index in [1.807, 2.05) is 47.8 Å². The Hall–Kier alpha value is -3.31. The number of carboxylic acid groups (broad SMARTS) is 1. The minimum absolute atomic E-state index is 0.0430. The van der Waals surface area contributed by atoms with E-state index < -0.39 is 29.9 Å². The van der Waals surface area contributed by atoms with Gasteiger partial charge in [0.1, 0.15) is 12.2 Å². The van der Waals surface area contributed by atoms with Gasteiger partial charge in [-0.3, -0.25) is 0 Å². The summed E-state index contributed by atoms with van der Waals surface area (Å²) in [6.07, 6.45) is -0.421. The molecule has 10 nitrogen and oxygen atoms in total. The number of nitrogens with one attached hydrogen (secondary N) is 1. The average molecular weight is 564 g/mol. The first-order chi connectivity index (χ1) is 18.6. The van der Waals surface area contributed by atoms with Crippen molar-refractivity contribution in [3.63, 3.8) is 0 Å². The lowest BCUT2D eigenvalue weighted by Gasteiger charge is -2.26. The highest BCUT2D eigenvalue weighted by molar-refractivity contribution is 7.09. The second-order valence-electron chi connectivity index (χ2n) is 10.1. The number of ether oxygens (including phenoxy) is 3. The van der Waals surface area contributed by atoms with Crippen molar-refractivity contribution in [1.29, 1.82) is 0 Å². The maximum atomic E-state index is 12.9. The van der Waals surface area contributed by atoms with Crippen LogP contribution in [0.25, 0.3) is 0 Å². The molecule has 0 fully saturated rings. The Morgan fingerprint density at radius 2 is 1.74 bits per heavy atom. The van der Waals surface area contributed by atoms with Gasteiger partial charge in [0.2, 0.25) is 0 Å². The molecule has 2 aromatic rings. The number of rotatable bonds is 15. The van der Waals surface area contributed by atoms with Gasteiger partial charge in [0.25, 0.3) is 0 Å². The van der Waals surface area contributed by atoms with Crippen LogP contribution in [0.15, 0.2) is 47.8 Å². The first-order valence-electron chi connectivity index (χ1n) is 13.0. The van der Waals surface area contributed by atoms with E-state index in [1.54, 1.807) is 44.1 Å². The SMILES string of the molecule is COCCN(Cc1cccs1)C(=O)OC[C@H](CCCCN(Cc1ccccc1)C(=O)O)NC(=O)OC(C)(C)C. The molecule has 1 atom stereocenters. The first-order valence-corrected chi connectivity index (χ1v) is 13.9. The van der Waals surface area contributed by atoms with E-state index in [9.17, 15) is 19.5 Å². The number of unbranched alkanes of at least 4 members (excludes halogenated alkanes) is 1. The molecule has 216 valence electrons. The van der Waals surface area contributed by atoms with E-state index in [0.29, 0.717) is 52.0 Å². The minimum atomic E-state index is -0.988. The molecule has 0 bridgehead atoms. The molecule has 2 rings (SSSR count). The van der Waals surface area contributed by atoms with Crippen molar-refractivity contribution in [3.05, 3.63) is 58.3 Å². The smallest absolute Gasteiger partial charge is 0.410 e. The number of benzene rings is 1. The van der Waals surface area contributed by atoms with Gasteiger partial charge >= 0.3 is 18.3 Å². The fraction of sp³-hybridized carbons (Fsp3) is 0.536. The Balaban J connectivity index is 1.94. The number of carbonyl (C=O) groups is 3. The Bertz CT molecular complexity index is 996. The third kappa shape index (κ3) is 13.4. The molecule has 39 heavy (non-hydrogen) atoms. The van der Waals surface area contributed by atoms with Crippen LogP contribution in [0.2, 0.25) is 0 Å². The van der Waals surface area contributed by atoms with Crippen LogP contribution in [-0.4, -0.2) is 78.2 Å². The molecule has 1 heterocycles. The molecule has 1 aromatic heterocycles. The highest BCUT2D eigenvalue weighted by Gasteiger charge is 2.23. The van der Waals surface area contributed by atoms with Gasteiger partial charge in [0.05, 0.1) is 19.2 Å². The zero-order valence-corrected chi connectivity index (χ0v) is 24.1. The fourth-order valence-corrected chi connectivity index (χ4v) is 4.42. The molecule has 0 spiro atoms. The summed E-state index contributed by atoms with van der Waals surface area (Å²) in [6.45, 7) is 7.04. The van der Waals surface area contributed by atoms with E-state index in [-0.39, 0.29) is 6.61 Å². The Labute approximate surface area is 234 Å². The summed E-state index contributed by atoms with van der Waals surface area (Å²) in [7, 11) is 1.57. The molecule has 0 aliphatic heterocycles. The number of hydrogen-bond acceptors (Lipinski definition) is 7. The largest absolute Gasteiger partial charge is 0.465 e. The van der Waals surface area contributed by atoms with Gasteiger partial charge < -0.3 is 34.4 Å². The Kier molecular flexibility index (Phi) is 13.6. The van der Waals surface area contributed by atoms with Gasteiger partial charge in [0, 0.05) is 31.6 Å². The van der Waals surface area contributed by atoms with Crippen molar-refractivity contribution in [2.24, 2.45) is 0 Å². The predicted octanol–water partition coefficient (Wildman–Crippen LogP) is 5.58. The number of amides is 3. The molecule has 0 saturated carbocycles. The van der Waals surface area contributed by atoms with Gasteiger partial charge in [-0.1, -0.05) is 36.4 Å². The molecule has 0 aliphatic carbocycles. The molecule has 0 radical (unpaired) electrons. The number of hydrogen-bond donors (Lipinski definition) is 2. The lowest BCUT2D eigenvalue weighted by atomic mass is 10.1. The lowest BCUT2D eigenvalue weighted by molar-refractivity contribution is 0.0435. The van der Waals surface area contributed by atoms with Crippen molar-refractivity contribution in [3.8, 4) is 0 Å². The van der Waals surface area contributed by atoms with Crippen LogP contribution in [0.3, 0.4) is 0 Å². The summed E-state index contributed by atoms with van der Waals surface area (Å²) in [4.78, 5) is 41.0. The Morgan fingerprint density at radius 3 is 2.36 bits per heavy atom. The van der Waals surface area contributed by atoms with Crippen LogP contribution >= 0.6 is 11.3 Å². The van der Waals surface area contributed by atoms with Crippen LogP contribution < -0.4 is 5.32 Å². The molecular weight excluding hydrogens is 522 g/mol. The molecule has 0 saturated heterocycles. The van der Waals surface area contributed by atoms with Gasteiger partial charge in [-0.2, -0.15) is 0 Å². The second kappa shape index (κ2) is 16.6. The van der Waals surface area contributed by atoms with Crippen molar-refractivity contribution in [1.82, 2.24) is 15.1 Å². The van der Waals surface area contributed by atoms with Crippen LogP contribution in [0.4, 0.5) is 14.4 Å². The highest BCUT2D eigenvalue weighted by atomic mass is 32.1. The maximum absolute atomic E-state index is 12.9. The number of thiophene rings is 1. The molecular formula is C28H41N3O7S. The van der Waals surface area contributed by atoms with Crippen molar-refractivity contribution in [2.45, 2.75) is 64.8 Å². The van der Waals surface area contributed by atoms with Gasteiger partial charge in [0.15, 0.2) is 0 Å². The zero-order valence-electron chi connectivity index (χ0n) is 23.3. The molecule has 0 unspecified atom stereocenters. The van der Waals surface area contributed by atoms with Gasteiger partial charge in [-0.05, 0) is 57.0 Å². The van der Waals surface area contributed by atoms with Crippen molar-refractivity contribution < 1.29 is 33.7 Å². The molecule has 11 heteroatoms. The van der Waals surface area contributed by atoms with Crippen LogP contribution in [0.5, 0.6) is 0 Å². The summed E-state index contributed by atoms with van der Waals surface area (Å²) >= 11 is 1.55. The third-order valence-electron chi connectivity index (χ3n) is 5.60. The molecule has 0 aliphatic rings. The summed E-state index contributed by atoms with van der Waals surface area (Å²) < 4.78 is 16.1. The summed E-state index contributed by atoms with van der Waals surface area (Å²) in [5.74, 6) is 0. The second-order valence-corrected chi connectivity index (χ2v) is 11.1. The van der Waals surface area contributed by atoms with E-state index in [4.69, 9.17) is 14.2 Å². The maximum Gasteiger partial charge on any atom is 0.410 e. The standard InChI is InChI=1S/C28H41N3O7S/c1-28(2,3)38-25(32)29-23(13-8-9-15-30(26(33)34)19-22-11-6-5-7-12-22)21-37-27(35)31(16-17-36-4)20-24-14-10-18-39-24/h5-7,10-12,14,18,23H,8-9,13,15-17,19-21H2,1-4H3,(H,29,32)(H,33,34)/t23-/m0/s1. The zero-order chi connectivity index (χ0) is 28.7. The van der Waals surface area contributed by atoms with Gasteiger partial charge in [-0.25, -0.2) is 14.4 Å². The van der Waals surface area contributed by atoms with Crippen molar-refractivity contribution in [2.75, 3.05) is 33.4 Å². The summed E-state index contributed by atoms with van der Waals surface area (Å²) in [6, 6.07) is 12.8. The van der Waals surface area contributed by atoms with Crippen molar-refractivity contribution >= 4 is 29.6 Å². The quantitative estimate of drug-likeness (QED) is 0.272. The highest BCUT2D eigenvalue weighted by Crippen LogP contribution is 2.14. The molecule has 1 aromatic carbocycles. The average Bonchev–Trinajstić information content (AvgIpc) is 3.39. The lowest BCUT2D eigenvalue weighted by Crippen LogP contribution is -2.43. The van der Waals surface area contributed by atoms with Crippen LogP contribution in [0.1, 0.15) is 50.5 Å². The molecule has 3 amide bonds. The van der Waals surface area contributed by atoms with Crippen LogP contribution in [-0.2, 0) is 27.3 Å². The fourth-order valence-electron chi connectivity index (χ4n) is 3.70. The number of carbonyl (C=O) groups excluding carboxylic acids is 2. The summed E-state index contributed by atoms with van der Waals surface area (Å²) in [5, 5.41) is 14.3. The number of alkyl carbamates (subject to hydrolysis) is 1. The molecule has 2 N–H and O–H groups in total. The summed E-state index contributed by atoms with van der Waals surface area (Å²) in [5.41, 5.74) is 0.236. The third-order valence-corrected chi connectivity index (χ3v) is 6.46. The minimum Gasteiger partial charge on any atom is -0.465 e. The van der Waals surface area contributed by atoms with E-state index in [2.05, 4.69) is 5.32 Å². The number of methoxy groups -OCH3 is 1. The van der Waals surface area contributed by atoms with E-state index in [1.165, 1.54) is 4.90 Å². The van der Waals surface area contributed by atoms with E-state index in [0.717, 1.165) is 10.4 Å². The Morgan fingerprint density at radius 1 is 1.00 bits per heavy atom. The predicted molar refractivity (Wildman–Crippen MR) is 150 cm³/mol. The van der Waals surface area contributed by atoms with Gasteiger partial charge in [-0.15, -0.1) is 11.3 Å². The van der Waals surface area contributed by atoms with E-state index >= 15 is 0 Å². The number of nitrogens with zero attached hydrogens (tertiary/aromatic N) is 2. The first kappa shape index (κ1) is 31.9. The monoisotopic (exact) mass is 563 g/mol.